The molecule has 0 radical (unpaired) electrons. The summed E-state index contributed by atoms with van der Waals surface area (Å²) in [5, 5.41) is 1.11. The largest absolute Gasteiger partial charge is 0.464 e. The van der Waals surface area contributed by atoms with Gasteiger partial charge in [0.05, 0.1) is 6.26 Å². The number of hydrogen-bond donors (Lipinski definition) is 0. The lowest BCUT2D eigenvalue weighted by Gasteiger charge is -2.00. The number of carbonyl (C=O) groups excluding carboxylic acids is 1. The summed E-state index contributed by atoms with van der Waals surface area (Å²) in [4.78, 5) is 11.9. The van der Waals surface area contributed by atoms with Gasteiger partial charge in [-0.2, -0.15) is 0 Å². The summed E-state index contributed by atoms with van der Waals surface area (Å²) in [6.07, 6.45) is 8.14. The van der Waals surface area contributed by atoms with E-state index >= 15 is 0 Å². The van der Waals surface area contributed by atoms with Gasteiger partial charge in [0.2, 0.25) is 0 Å². The summed E-state index contributed by atoms with van der Waals surface area (Å²) >= 11 is 0. The molecule has 1 aliphatic rings. The smallest absolute Gasteiger partial charge is 0.159 e. The van der Waals surface area contributed by atoms with Crippen molar-refractivity contribution in [3.63, 3.8) is 0 Å². The third-order valence-electron chi connectivity index (χ3n) is 3.50. The molecule has 1 aromatic heterocycles. The molecule has 0 N–H and O–H groups in total. The van der Waals surface area contributed by atoms with E-state index in [4.69, 9.17) is 4.42 Å². The molecule has 2 heteroatoms. The zero-order valence-electron chi connectivity index (χ0n) is 11.0. The van der Waals surface area contributed by atoms with Crippen LogP contribution in [0, 0.1) is 0 Å². The Morgan fingerprint density at radius 3 is 3.05 bits per heavy atom. The zero-order valence-corrected chi connectivity index (χ0v) is 11.0. The molecule has 0 amide bonds. The Morgan fingerprint density at radius 1 is 1.32 bits per heavy atom. The Hall–Kier alpha value is -2.09. The first kappa shape index (κ1) is 12.0. The fourth-order valence-corrected chi connectivity index (χ4v) is 2.44. The van der Waals surface area contributed by atoms with E-state index in [2.05, 4.69) is 18.2 Å². The number of carbonyl (C=O) groups is 1. The lowest BCUT2D eigenvalue weighted by molar-refractivity contribution is -0.115. The van der Waals surface area contributed by atoms with Gasteiger partial charge in [-0.1, -0.05) is 25.1 Å². The second-order valence-electron chi connectivity index (χ2n) is 4.88. The molecule has 0 fully saturated rings. The molecule has 96 valence electrons. The van der Waals surface area contributed by atoms with E-state index in [1.165, 1.54) is 0 Å². The van der Waals surface area contributed by atoms with Gasteiger partial charge < -0.3 is 4.42 Å². The first-order valence-electron chi connectivity index (χ1n) is 6.69. The Balaban J connectivity index is 1.88. The van der Waals surface area contributed by atoms with Crippen LogP contribution in [-0.4, -0.2) is 5.78 Å². The highest BCUT2D eigenvalue weighted by Gasteiger charge is 2.14. The molecule has 0 aliphatic heterocycles. The molecule has 3 rings (SSSR count). The van der Waals surface area contributed by atoms with Crippen molar-refractivity contribution < 1.29 is 9.21 Å². The van der Waals surface area contributed by atoms with E-state index in [9.17, 15) is 4.79 Å². The van der Waals surface area contributed by atoms with Crippen molar-refractivity contribution in [1.29, 1.82) is 0 Å². The molecular formula is C17H16O2. The van der Waals surface area contributed by atoms with Gasteiger partial charge in [-0.05, 0) is 47.8 Å². The van der Waals surface area contributed by atoms with Gasteiger partial charge in [-0.25, -0.2) is 0 Å². The standard InChI is InChI=1S/C17H16O2/c1-2-3-16(18)15-7-6-13(10-15)14-5-4-12-8-9-19-17(12)11-14/h4-6,8-11H,2-3,7H2,1H3. The highest BCUT2D eigenvalue weighted by Crippen LogP contribution is 2.29. The Kier molecular flexibility index (Phi) is 3.08. The molecule has 19 heavy (non-hydrogen) atoms. The zero-order chi connectivity index (χ0) is 13.2. The Labute approximate surface area is 112 Å². The third kappa shape index (κ3) is 2.26. The second kappa shape index (κ2) is 4.88. The summed E-state index contributed by atoms with van der Waals surface area (Å²) < 4.78 is 5.42. The highest BCUT2D eigenvalue weighted by molar-refractivity contribution is 6.01. The van der Waals surface area contributed by atoms with E-state index in [1.807, 2.05) is 25.1 Å². The Morgan fingerprint density at radius 2 is 2.21 bits per heavy atom. The number of furan rings is 1. The average Bonchev–Trinajstić information content (AvgIpc) is 3.07. The number of Topliss-reactive ketones (excluding diaryl/α,β-unsaturated/α-hetero) is 1. The van der Waals surface area contributed by atoms with Gasteiger partial charge in [0, 0.05) is 11.8 Å². The van der Waals surface area contributed by atoms with Crippen LogP contribution in [0.4, 0.5) is 0 Å². The minimum Gasteiger partial charge on any atom is -0.464 e. The minimum atomic E-state index is 0.271. The first-order valence-corrected chi connectivity index (χ1v) is 6.69. The van der Waals surface area contributed by atoms with Gasteiger partial charge in [0.25, 0.3) is 0 Å². The monoisotopic (exact) mass is 252 g/mol. The molecule has 0 unspecified atom stereocenters. The molecule has 1 heterocycles. The summed E-state index contributed by atoms with van der Waals surface area (Å²) in [7, 11) is 0. The fourth-order valence-electron chi connectivity index (χ4n) is 2.44. The van der Waals surface area contributed by atoms with Crippen molar-refractivity contribution in [2.75, 3.05) is 0 Å². The molecule has 1 aromatic carbocycles. The lowest BCUT2D eigenvalue weighted by atomic mass is 10.0. The number of hydrogen-bond acceptors (Lipinski definition) is 2. The molecular weight excluding hydrogens is 236 g/mol. The molecule has 0 saturated carbocycles. The van der Waals surface area contributed by atoms with E-state index in [0.717, 1.165) is 40.5 Å². The van der Waals surface area contributed by atoms with Crippen molar-refractivity contribution in [2.45, 2.75) is 26.2 Å². The van der Waals surface area contributed by atoms with Crippen LogP contribution in [0.1, 0.15) is 31.7 Å². The van der Waals surface area contributed by atoms with Crippen molar-refractivity contribution in [1.82, 2.24) is 0 Å². The van der Waals surface area contributed by atoms with E-state index in [-0.39, 0.29) is 5.78 Å². The molecule has 0 bridgehead atoms. The van der Waals surface area contributed by atoms with Crippen LogP contribution in [-0.2, 0) is 4.79 Å². The summed E-state index contributed by atoms with van der Waals surface area (Å²) in [6.45, 7) is 2.03. The van der Waals surface area contributed by atoms with Crippen LogP contribution in [0.3, 0.4) is 0 Å². The maximum Gasteiger partial charge on any atom is 0.159 e. The average molecular weight is 252 g/mol. The molecule has 1 aliphatic carbocycles. The van der Waals surface area contributed by atoms with Crippen molar-refractivity contribution in [2.24, 2.45) is 0 Å². The summed E-state index contributed by atoms with van der Waals surface area (Å²) in [6, 6.07) is 8.11. The molecule has 2 aromatic rings. The summed E-state index contributed by atoms with van der Waals surface area (Å²) in [5.74, 6) is 0.271. The highest BCUT2D eigenvalue weighted by atomic mass is 16.3. The molecule has 0 atom stereocenters. The molecule has 0 spiro atoms. The van der Waals surface area contributed by atoms with Gasteiger partial charge >= 0.3 is 0 Å². The normalized spacial score (nSPS) is 14.6. The molecule has 0 saturated heterocycles. The van der Waals surface area contributed by atoms with Crippen LogP contribution in [0.2, 0.25) is 0 Å². The van der Waals surface area contributed by atoms with E-state index < -0.39 is 0 Å². The summed E-state index contributed by atoms with van der Waals surface area (Å²) in [5.41, 5.74) is 4.05. The number of rotatable bonds is 4. The predicted octanol–water partition coefficient (Wildman–Crippen LogP) is 4.52. The van der Waals surface area contributed by atoms with Crippen LogP contribution in [0.25, 0.3) is 16.5 Å². The van der Waals surface area contributed by atoms with Gasteiger partial charge in [-0.15, -0.1) is 0 Å². The molecule has 2 nitrogen and oxygen atoms in total. The van der Waals surface area contributed by atoms with Gasteiger partial charge in [0.15, 0.2) is 5.78 Å². The van der Waals surface area contributed by atoms with Crippen LogP contribution in [0.5, 0.6) is 0 Å². The van der Waals surface area contributed by atoms with E-state index in [1.54, 1.807) is 6.26 Å². The minimum absolute atomic E-state index is 0.271. The quantitative estimate of drug-likeness (QED) is 0.801. The third-order valence-corrected chi connectivity index (χ3v) is 3.50. The number of allylic oxidation sites excluding steroid dienone is 4. The maximum absolute atomic E-state index is 11.9. The predicted molar refractivity (Wildman–Crippen MR) is 76.8 cm³/mol. The van der Waals surface area contributed by atoms with Crippen LogP contribution in [0.15, 0.2) is 52.7 Å². The van der Waals surface area contributed by atoms with Gasteiger partial charge in [-0.3, -0.25) is 4.79 Å². The van der Waals surface area contributed by atoms with Crippen molar-refractivity contribution in [3.05, 3.63) is 53.8 Å². The lowest BCUT2D eigenvalue weighted by Crippen LogP contribution is -1.98. The van der Waals surface area contributed by atoms with Crippen molar-refractivity contribution >= 4 is 22.3 Å². The number of fused-ring (bicyclic) bond motifs is 1. The van der Waals surface area contributed by atoms with Crippen LogP contribution >= 0.6 is 0 Å². The van der Waals surface area contributed by atoms with Crippen LogP contribution < -0.4 is 0 Å². The SMILES string of the molecule is CCCC(=O)C1=CC(c2ccc3ccoc3c2)=CC1. The Bertz CT molecular complexity index is 686. The first-order chi connectivity index (χ1) is 9.28. The second-order valence-corrected chi connectivity index (χ2v) is 4.88. The fraction of sp³-hybridized carbons (Fsp3) is 0.235. The van der Waals surface area contributed by atoms with Crippen molar-refractivity contribution in [3.8, 4) is 0 Å². The topological polar surface area (TPSA) is 30.2 Å². The van der Waals surface area contributed by atoms with E-state index in [0.29, 0.717) is 6.42 Å². The van der Waals surface area contributed by atoms with Gasteiger partial charge in [0.1, 0.15) is 5.58 Å². The maximum atomic E-state index is 11.9. The number of benzene rings is 1. The number of ketones is 1.